The van der Waals surface area contributed by atoms with Gasteiger partial charge in [0, 0.05) is 18.5 Å². The molecule has 2 fully saturated rings. The van der Waals surface area contributed by atoms with E-state index >= 15 is 0 Å². The van der Waals surface area contributed by atoms with Crippen molar-refractivity contribution in [3.05, 3.63) is 12.2 Å². The number of nitrogens with one attached hydrogen (secondary N) is 1. The molecule has 0 bridgehead atoms. The van der Waals surface area contributed by atoms with E-state index in [1.807, 2.05) is 4.57 Å². The predicted molar refractivity (Wildman–Crippen MR) is 93.5 cm³/mol. The van der Waals surface area contributed by atoms with Crippen molar-refractivity contribution in [1.82, 2.24) is 25.0 Å². The molecule has 2 aliphatic heterocycles. The maximum Gasteiger partial charge on any atom is 0.223 e. The molecule has 2 saturated heterocycles. The number of aromatic nitrogens is 3. The Labute approximate surface area is 148 Å². The van der Waals surface area contributed by atoms with Crippen molar-refractivity contribution in [2.24, 2.45) is 5.92 Å². The first kappa shape index (κ1) is 18.3. The van der Waals surface area contributed by atoms with Gasteiger partial charge in [0.05, 0.1) is 18.1 Å². The van der Waals surface area contributed by atoms with E-state index in [1.165, 1.54) is 0 Å². The number of hydrogen-bond donors (Lipinski definition) is 1. The van der Waals surface area contributed by atoms with Crippen molar-refractivity contribution >= 4 is 15.7 Å². The van der Waals surface area contributed by atoms with Gasteiger partial charge in [-0.1, -0.05) is 6.92 Å². The SMILES string of the molecule is CCCn1cnnc1CNC(=O)C1CCN(C2CCS(=O)(=O)C2)CC1. The molecule has 0 aliphatic carbocycles. The van der Waals surface area contributed by atoms with Gasteiger partial charge < -0.3 is 9.88 Å². The van der Waals surface area contributed by atoms with E-state index in [1.54, 1.807) is 6.33 Å². The van der Waals surface area contributed by atoms with Crippen LogP contribution in [0.15, 0.2) is 6.33 Å². The smallest absolute Gasteiger partial charge is 0.223 e. The fourth-order valence-electron chi connectivity index (χ4n) is 3.74. The molecule has 25 heavy (non-hydrogen) atoms. The van der Waals surface area contributed by atoms with E-state index in [0.29, 0.717) is 12.3 Å². The molecule has 2 aliphatic rings. The number of aryl methyl sites for hydroxylation is 1. The number of hydrogen-bond acceptors (Lipinski definition) is 6. The quantitative estimate of drug-likeness (QED) is 0.770. The molecule has 0 radical (unpaired) electrons. The maximum atomic E-state index is 12.4. The number of carbonyl (C=O) groups excluding carboxylic acids is 1. The van der Waals surface area contributed by atoms with Crippen LogP contribution in [0.1, 0.15) is 38.4 Å². The molecule has 1 amide bonds. The molecule has 0 aromatic carbocycles. The lowest BCUT2D eigenvalue weighted by Gasteiger charge is -2.34. The fraction of sp³-hybridized carbons (Fsp3) is 0.812. The topological polar surface area (TPSA) is 97.2 Å². The average Bonchev–Trinajstić information content (AvgIpc) is 3.19. The Bertz CT molecular complexity index is 694. The molecular weight excluding hydrogens is 342 g/mol. The van der Waals surface area contributed by atoms with Crippen LogP contribution in [0.2, 0.25) is 0 Å². The zero-order chi connectivity index (χ0) is 17.9. The number of carbonyl (C=O) groups is 1. The molecule has 1 unspecified atom stereocenters. The number of piperidine rings is 1. The van der Waals surface area contributed by atoms with Crippen molar-refractivity contribution in [3.63, 3.8) is 0 Å². The summed E-state index contributed by atoms with van der Waals surface area (Å²) in [6.45, 7) is 4.93. The number of likely N-dealkylation sites (tertiary alicyclic amines) is 1. The van der Waals surface area contributed by atoms with E-state index in [-0.39, 0.29) is 23.6 Å². The Morgan fingerprint density at radius 2 is 2.08 bits per heavy atom. The highest BCUT2D eigenvalue weighted by Crippen LogP contribution is 2.24. The van der Waals surface area contributed by atoms with Gasteiger partial charge in [-0.2, -0.15) is 0 Å². The maximum absolute atomic E-state index is 12.4. The number of nitrogens with zero attached hydrogens (tertiary/aromatic N) is 4. The lowest BCUT2D eigenvalue weighted by atomic mass is 9.94. The molecule has 140 valence electrons. The van der Waals surface area contributed by atoms with E-state index in [2.05, 4.69) is 27.3 Å². The normalized spacial score (nSPS) is 24.4. The van der Waals surface area contributed by atoms with Crippen LogP contribution in [0.3, 0.4) is 0 Å². The van der Waals surface area contributed by atoms with E-state index in [0.717, 1.165) is 51.1 Å². The van der Waals surface area contributed by atoms with Crippen LogP contribution in [-0.2, 0) is 27.7 Å². The molecule has 1 atom stereocenters. The minimum atomic E-state index is -2.85. The molecule has 1 aromatic rings. The first-order chi connectivity index (χ1) is 12.0. The van der Waals surface area contributed by atoms with Crippen LogP contribution >= 0.6 is 0 Å². The first-order valence-electron chi connectivity index (χ1n) is 9.07. The minimum absolute atomic E-state index is 0.00296. The summed E-state index contributed by atoms with van der Waals surface area (Å²) in [5.41, 5.74) is 0. The van der Waals surface area contributed by atoms with Gasteiger partial charge in [-0.3, -0.25) is 9.69 Å². The standard InChI is InChI=1S/C16H27N5O3S/c1-2-6-21-12-18-19-15(21)10-17-16(22)13-3-7-20(8-4-13)14-5-9-25(23,24)11-14/h12-14H,2-11H2,1H3,(H,17,22). The van der Waals surface area contributed by atoms with Gasteiger partial charge in [0.25, 0.3) is 0 Å². The number of sulfone groups is 1. The second-order valence-corrected chi connectivity index (χ2v) is 9.25. The van der Waals surface area contributed by atoms with Crippen LogP contribution in [0.4, 0.5) is 0 Å². The molecule has 0 spiro atoms. The molecule has 0 saturated carbocycles. The lowest BCUT2D eigenvalue weighted by molar-refractivity contribution is -0.126. The van der Waals surface area contributed by atoms with Crippen molar-refractivity contribution in [1.29, 1.82) is 0 Å². The van der Waals surface area contributed by atoms with Crippen LogP contribution in [0, 0.1) is 5.92 Å². The van der Waals surface area contributed by atoms with Crippen molar-refractivity contribution < 1.29 is 13.2 Å². The third-order valence-electron chi connectivity index (χ3n) is 5.21. The van der Waals surface area contributed by atoms with Crippen LogP contribution in [0.5, 0.6) is 0 Å². The minimum Gasteiger partial charge on any atom is -0.349 e. The second kappa shape index (κ2) is 7.82. The molecule has 3 rings (SSSR count). The molecule has 8 nitrogen and oxygen atoms in total. The molecule has 9 heteroatoms. The molecule has 1 N–H and O–H groups in total. The number of amides is 1. The molecule has 3 heterocycles. The zero-order valence-electron chi connectivity index (χ0n) is 14.7. The largest absolute Gasteiger partial charge is 0.349 e. The van der Waals surface area contributed by atoms with Crippen LogP contribution < -0.4 is 5.32 Å². The summed E-state index contributed by atoms with van der Waals surface area (Å²) in [6.07, 6.45) is 4.98. The van der Waals surface area contributed by atoms with Crippen molar-refractivity contribution in [2.45, 2.75) is 51.7 Å². The average molecular weight is 369 g/mol. The highest BCUT2D eigenvalue weighted by molar-refractivity contribution is 7.91. The van der Waals surface area contributed by atoms with Gasteiger partial charge in [-0.05, 0) is 38.8 Å². The van der Waals surface area contributed by atoms with Crippen LogP contribution in [0.25, 0.3) is 0 Å². The van der Waals surface area contributed by atoms with Gasteiger partial charge in [-0.25, -0.2) is 8.42 Å². The van der Waals surface area contributed by atoms with Gasteiger partial charge in [-0.15, -0.1) is 10.2 Å². The summed E-state index contributed by atoms with van der Waals surface area (Å²) in [4.78, 5) is 14.7. The number of rotatable bonds is 6. The Balaban J connectivity index is 1.45. The third kappa shape index (κ3) is 4.58. The van der Waals surface area contributed by atoms with Crippen molar-refractivity contribution in [2.75, 3.05) is 24.6 Å². The molecular formula is C16H27N5O3S. The van der Waals surface area contributed by atoms with Gasteiger partial charge in [0.1, 0.15) is 6.33 Å². The van der Waals surface area contributed by atoms with E-state index < -0.39 is 9.84 Å². The first-order valence-corrected chi connectivity index (χ1v) is 10.9. The van der Waals surface area contributed by atoms with Crippen LogP contribution in [-0.4, -0.2) is 64.6 Å². The fourth-order valence-corrected chi connectivity index (χ4v) is 5.51. The summed E-state index contributed by atoms with van der Waals surface area (Å²) in [5.74, 6) is 1.42. The van der Waals surface area contributed by atoms with E-state index in [9.17, 15) is 13.2 Å². The Hall–Kier alpha value is -1.48. The summed E-state index contributed by atoms with van der Waals surface area (Å²) < 4.78 is 25.2. The Morgan fingerprint density at radius 1 is 1.32 bits per heavy atom. The Kier molecular flexibility index (Phi) is 5.73. The third-order valence-corrected chi connectivity index (χ3v) is 6.96. The van der Waals surface area contributed by atoms with E-state index in [4.69, 9.17) is 0 Å². The van der Waals surface area contributed by atoms with Gasteiger partial charge in [0.2, 0.25) is 5.91 Å². The zero-order valence-corrected chi connectivity index (χ0v) is 15.5. The van der Waals surface area contributed by atoms with Crippen molar-refractivity contribution in [3.8, 4) is 0 Å². The highest BCUT2D eigenvalue weighted by Gasteiger charge is 2.35. The summed E-state index contributed by atoms with van der Waals surface area (Å²) in [5, 5.41) is 10.9. The predicted octanol–water partition coefficient (Wildman–Crippen LogP) is 0.203. The highest BCUT2D eigenvalue weighted by atomic mass is 32.2. The van der Waals surface area contributed by atoms with Gasteiger partial charge in [0.15, 0.2) is 15.7 Å². The summed E-state index contributed by atoms with van der Waals surface area (Å²) >= 11 is 0. The monoisotopic (exact) mass is 369 g/mol. The second-order valence-electron chi connectivity index (χ2n) is 7.03. The molecule has 1 aromatic heterocycles. The summed E-state index contributed by atoms with van der Waals surface area (Å²) in [6, 6.07) is 0.140. The Morgan fingerprint density at radius 3 is 2.72 bits per heavy atom. The summed E-state index contributed by atoms with van der Waals surface area (Å²) in [7, 11) is -2.85. The lowest BCUT2D eigenvalue weighted by Crippen LogP contribution is -2.45. The van der Waals surface area contributed by atoms with Gasteiger partial charge >= 0.3 is 0 Å².